The number of aryl methyl sites for hydroxylation is 1. The van der Waals surface area contributed by atoms with E-state index in [2.05, 4.69) is 31.2 Å². The van der Waals surface area contributed by atoms with Crippen LogP contribution in [0.3, 0.4) is 0 Å². The van der Waals surface area contributed by atoms with Gasteiger partial charge in [-0.3, -0.25) is 0 Å². The summed E-state index contributed by atoms with van der Waals surface area (Å²) in [6.07, 6.45) is 6.31. The van der Waals surface area contributed by atoms with Gasteiger partial charge in [-0.1, -0.05) is 37.1 Å². The van der Waals surface area contributed by atoms with Crippen LogP contribution in [0.5, 0.6) is 0 Å². The van der Waals surface area contributed by atoms with Crippen molar-refractivity contribution in [2.45, 2.75) is 50.3 Å². The number of halogens is 1. The molecule has 0 bridgehead atoms. The summed E-state index contributed by atoms with van der Waals surface area (Å²) in [4.78, 5) is 0. The van der Waals surface area contributed by atoms with Gasteiger partial charge in [0.15, 0.2) is 0 Å². The van der Waals surface area contributed by atoms with Crippen molar-refractivity contribution in [3.05, 3.63) is 35.4 Å². The van der Waals surface area contributed by atoms with Gasteiger partial charge in [0.05, 0.1) is 0 Å². The summed E-state index contributed by atoms with van der Waals surface area (Å²) < 4.78 is 0. The second kappa shape index (κ2) is 5.03. The molecule has 1 aromatic carbocycles. The highest BCUT2D eigenvalue weighted by molar-refractivity contribution is 6.20. The maximum absolute atomic E-state index is 6.32. The van der Waals surface area contributed by atoms with Crippen LogP contribution in [0.15, 0.2) is 24.3 Å². The van der Waals surface area contributed by atoms with Crippen molar-refractivity contribution in [1.82, 2.24) is 0 Å². The maximum atomic E-state index is 6.32. The van der Waals surface area contributed by atoms with Gasteiger partial charge >= 0.3 is 0 Å². The Morgan fingerprint density at radius 2 is 1.87 bits per heavy atom. The molecular formula is C14H19Cl. The summed E-state index contributed by atoms with van der Waals surface area (Å²) >= 11 is 6.32. The lowest BCUT2D eigenvalue weighted by Gasteiger charge is -2.18. The summed E-state index contributed by atoms with van der Waals surface area (Å²) in [5, 5.41) is 0.386. The lowest BCUT2D eigenvalue weighted by atomic mass is 9.89. The molecule has 2 unspecified atom stereocenters. The summed E-state index contributed by atoms with van der Waals surface area (Å²) in [5.74, 6) is 0.691. The minimum Gasteiger partial charge on any atom is -0.123 e. The average Bonchev–Trinajstić information content (AvgIpc) is 2.43. The zero-order chi connectivity index (χ0) is 10.7. The Balaban J connectivity index is 2.18. The summed E-state index contributed by atoms with van der Waals surface area (Å²) in [6.45, 7) is 2.21. The first kappa shape index (κ1) is 11.0. The number of hydrogen-bond donors (Lipinski definition) is 0. The number of benzene rings is 1. The third-order valence-electron chi connectivity index (χ3n) is 3.49. The van der Waals surface area contributed by atoms with Crippen LogP contribution in [0.1, 0.15) is 49.1 Å². The Morgan fingerprint density at radius 1 is 1.13 bits per heavy atom. The fourth-order valence-corrected chi connectivity index (χ4v) is 3.00. The molecule has 1 aliphatic rings. The second-order valence-corrected chi connectivity index (χ2v) is 5.29. The molecular weight excluding hydrogens is 204 g/mol. The van der Waals surface area contributed by atoms with Crippen molar-refractivity contribution < 1.29 is 0 Å². The molecule has 0 spiro atoms. The minimum atomic E-state index is 0.386. The molecule has 0 nitrogen and oxygen atoms in total. The van der Waals surface area contributed by atoms with Crippen LogP contribution >= 0.6 is 11.6 Å². The van der Waals surface area contributed by atoms with Gasteiger partial charge < -0.3 is 0 Å². The number of alkyl halides is 1. The monoisotopic (exact) mass is 222 g/mol. The third-order valence-corrected chi connectivity index (χ3v) is 3.88. The van der Waals surface area contributed by atoms with E-state index in [1.54, 1.807) is 0 Å². The average molecular weight is 223 g/mol. The van der Waals surface area contributed by atoms with E-state index in [0.717, 1.165) is 6.42 Å². The van der Waals surface area contributed by atoms with E-state index in [9.17, 15) is 0 Å². The van der Waals surface area contributed by atoms with Gasteiger partial charge in [-0.2, -0.15) is 0 Å². The minimum absolute atomic E-state index is 0.386. The first-order chi connectivity index (χ1) is 7.27. The SMILES string of the molecule is Cc1ccccc1C1CCCCC(Cl)C1. The van der Waals surface area contributed by atoms with Gasteiger partial charge in [0, 0.05) is 5.38 Å². The van der Waals surface area contributed by atoms with E-state index in [0.29, 0.717) is 11.3 Å². The molecule has 0 radical (unpaired) electrons. The molecule has 1 fully saturated rings. The topological polar surface area (TPSA) is 0 Å². The molecule has 0 aromatic heterocycles. The summed E-state index contributed by atoms with van der Waals surface area (Å²) in [5.41, 5.74) is 2.94. The maximum Gasteiger partial charge on any atom is 0.0341 e. The molecule has 0 amide bonds. The van der Waals surface area contributed by atoms with Crippen molar-refractivity contribution in [2.24, 2.45) is 0 Å². The Kier molecular flexibility index (Phi) is 3.69. The molecule has 15 heavy (non-hydrogen) atoms. The Morgan fingerprint density at radius 3 is 2.67 bits per heavy atom. The highest BCUT2D eigenvalue weighted by Gasteiger charge is 2.20. The van der Waals surface area contributed by atoms with E-state index >= 15 is 0 Å². The normalized spacial score (nSPS) is 27.3. The lowest BCUT2D eigenvalue weighted by molar-refractivity contribution is 0.592. The Hall–Kier alpha value is -0.490. The van der Waals surface area contributed by atoms with E-state index in [-0.39, 0.29) is 0 Å². The molecule has 1 aliphatic carbocycles. The predicted octanol–water partition coefficient (Wildman–Crippen LogP) is 4.65. The van der Waals surface area contributed by atoms with Crippen LogP contribution in [-0.2, 0) is 0 Å². The van der Waals surface area contributed by atoms with Crippen LogP contribution in [0.25, 0.3) is 0 Å². The van der Waals surface area contributed by atoms with Crippen LogP contribution in [-0.4, -0.2) is 5.38 Å². The van der Waals surface area contributed by atoms with E-state index in [1.807, 2.05) is 0 Å². The number of hydrogen-bond acceptors (Lipinski definition) is 0. The summed E-state index contributed by atoms with van der Waals surface area (Å²) in [7, 11) is 0. The molecule has 1 saturated carbocycles. The molecule has 0 N–H and O–H groups in total. The first-order valence-electron chi connectivity index (χ1n) is 5.97. The standard InChI is InChI=1S/C14H19Cl/c1-11-6-2-5-9-14(11)12-7-3-4-8-13(15)10-12/h2,5-6,9,12-13H,3-4,7-8,10H2,1H3. The molecule has 82 valence electrons. The smallest absolute Gasteiger partial charge is 0.0341 e. The summed E-state index contributed by atoms with van der Waals surface area (Å²) in [6, 6.07) is 8.75. The zero-order valence-corrected chi connectivity index (χ0v) is 10.1. The van der Waals surface area contributed by atoms with Gasteiger partial charge in [-0.15, -0.1) is 11.6 Å². The van der Waals surface area contributed by atoms with Crippen LogP contribution in [0, 0.1) is 6.92 Å². The lowest BCUT2D eigenvalue weighted by Crippen LogP contribution is -2.05. The first-order valence-corrected chi connectivity index (χ1v) is 6.40. The largest absolute Gasteiger partial charge is 0.123 e. The highest BCUT2D eigenvalue weighted by Crippen LogP contribution is 2.35. The Bertz CT molecular complexity index is 319. The van der Waals surface area contributed by atoms with Crippen molar-refractivity contribution in [1.29, 1.82) is 0 Å². The van der Waals surface area contributed by atoms with Crippen LogP contribution in [0.4, 0.5) is 0 Å². The predicted molar refractivity (Wildman–Crippen MR) is 66.6 cm³/mol. The number of rotatable bonds is 1. The van der Waals surface area contributed by atoms with E-state index in [1.165, 1.54) is 36.8 Å². The van der Waals surface area contributed by atoms with Gasteiger partial charge in [0.2, 0.25) is 0 Å². The Labute approximate surface area is 97.6 Å². The fourth-order valence-electron chi connectivity index (χ4n) is 2.63. The molecule has 2 atom stereocenters. The third kappa shape index (κ3) is 2.75. The zero-order valence-electron chi connectivity index (χ0n) is 9.38. The fraction of sp³-hybridized carbons (Fsp3) is 0.571. The highest BCUT2D eigenvalue weighted by atomic mass is 35.5. The molecule has 0 heterocycles. The molecule has 1 aromatic rings. The molecule has 0 aliphatic heterocycles. The van der Waals surface area contributed by atoms with Gasteiger partial charge in [-0.05, 0) is 43.2 Å². The van der Waals surface area contributed by atoms with Crippen molar-refractivity contribution in [3.8, 4) is 0 Å². The van der Waals surface area contributed by atoms with Crippen LogP contribution in [0.2, 0.25) is 0 Å². The quantitative estimate of drug-likeness (QED) is 0.479. The van der Waals surface area contributed by atoms with Crippen molar-refractivity contribution in [3.63, 3.8) is 0 Å². The van der Waals surface area contributed by atoms with Gasteiger partial charge in [0.25, 0.3) is 0 Å². The van der Waals surface area contributed by atoms with Crippen LogP contribution < -0.4 is 0 Å². The van der Waals surface area contributed by atoms with Crippen molar-refractivity contribution >= 4 is 11.6 Å². The van der Waals surface area contributed by atoms with Gasteiger partial charge in [-0.25, -0.2) is 0 Å². The van der Waals surface area contributed by atoms with Gasteiger partial charge in [0.1, 0.15) is 0 Å². The van der Waals surface area contributed by atoms with E-state index < -0.39 is 0 Å². The van der Waals surface area contributed by atoms with E-state index in [4.69, 9.17) is 11.6 Å². The second-order valence-electron chi connectivity index (χ2n) is 4.67. The van der Waals surface area contributed by atoms with Crippen molar-refractivity contribution in [2.75, 3.05) is 0 Å². The molecule has 0 saturated heterocycles. The molecule has 2 rings (SSSR count). The molecule has 1 heteroatoms.